The molecule has 2 saturated heterocycles. The molecular weight excluding hydrogens is 244 g/mol. The molecule has 0 bridgehead atoms. The van der Waals surface area contributed by atoms with E-state index in [1.807, 2.05) is 7.05 Å². The van der Waals surface area contributed by atoms with Crippen molar-refractivity contribution in [2.24, 2.45) is 0 Å². The molecule has 0 saturated carbocycles. The predicted octanol–water partition coefficient (Wildman–Crippen LogP) is 0.714. The van der Waals surface area contributed by atoms with Crippen LogP contribution in [0.2, 0.25) is 0 Å². The molecule has 1 unspecified atom stereocenters. The summed E-state index contributed by atoms with van der Waals surface area (Å²) in [6.45, 7) is 3.58. The van der Waals surface area contributed by atoms with E-state index in [4.69, 9.17) is 4.74 Å². The van der Waals surface area contributed by atoms with Gasteiger partial charge in [0.05, 0.1) is 12.6 Å². The van der Waals surface area contributed by atoms with E-state index in [-0.39, 0.29) is 0 Å². The van der Waals surface area contributed by atoms with Crippen molar-refractivity contribution in [3.05, 3.63) is 0 Å². The Bertz CT molecular complexity index is 428. The molecule has 3 rings (SSSR count). The molecule has 7 heteroatoms. The van der Waals surface area contributed by atoms with E-state index in [1.165, 1.54) is 12.8 Å². The highest BCUT2D eigenvalue weighted by Crippen LogP contribution is 2.19. The first kappa shape index (κ1) is 12.4. The fraction of sp³-hybridized carbons (Fsp3) is 0.750. The van der Waals surface area contributed by atoms with Crippen LogP contribution in [0.25, 0.3) is 0 Å². The van der Waals surface area contributed by atoms with Crippen LogP contribution >= 0.6 is 0 Å². The second-order valence-electron chi connectivity index (χ2n) is 4.93. The molecule has 0 aromatic carbocycles. The maximum Gasteiger partial charge on any atom is 0.231 e. The van der Waals surface area contributed by atoms with Crippen molar-refractivity contribution in [1.29, 1.82) is 0 Å². The average Bonchev–Trinajstić information content (AvgIpc) is 3.11. The van der Waals surface area contributed by atoms with Crippen molar-refractivity contribution >= 4 is 17.8 Å². The molecule has 104 valence electrons. The Labute approximate surface area is 112 Å². The van der Waals surface area contributed by atoms with Crippen LogP contribution in [-0.4, -0.2) is 54.3 Å². The first-order valence-electron chi connectivity index (χ1n) is 6.88. The normalized spacial score (nSPS) is 22.8. The highest BCUT2D eigenvalue weighted by Gasteiger charge is 2.20. The summed E-state index contributed by atoms with van der Waals surface area (Å²) >= 11 is 0. The number of ether oxygens (including phenoxy) is 1. The van der Waals surface area contributed by atoms with E-state index in [2.05, 4.69) is 30.5 Å². The van der Waals surface area contributed by atoms with E-state index < -0.39 is 0 Å². The van der Waals surface area contributed by atoms with Crippen molar-refractivity contribution in [1.82, 2.24) is 15.0 Å². The van der Waals surface area contributed by atoms with Crippen molar-refractivity contribution < 1.29 is 4.74 Å². The Morgan fingerprint density at radius 1 is 1.16 bits per heavy atom. The molecule has 0 radical (unpaired) electrons. The van der Waals surface area contributed by atoms with Gasteiger partial charge in [-0.05, 0) is 19.3 Å². The molecule has 7 nitrogen and oxygen atoms in total. The Morgan fingerprint density at radius 3 is 2.63 bits per heavy atom. The molecule has 0 amide bonds. The summed E-state index contributed by atoms with van der Waals surface area (Å²) in [5, 5.41) is 6.32. The smallest absolute Gasteiger partial charge is 0.231 e. The van der Waals surface area contributed by atoms with Crippen LogP contribution in [-0.2, 0) is 4.74 Å². The highest BCUT2D eigenvalue weighted by atomic mass is 16.5. The first-order valence-corrected chi connectivity index (χ1v) is 6.88. The zero-order valence-electron chi connectivity index (χ0n) is 11.2. The van der Waals surface area contributed by atoms with Gasteiger partial charge < -0.3 is 20.3 Å². The maximum atomic E-state index is 5.36. The number of hydrogen-bond acceptors (Lipinski definition) is 7. The minimum atomic E-state index is 0.304. The summed E-state index contributed by atoms with van der Waals surface area (Å²) in [6.07, 6.45) is 3.42. The van der Waals surface area contributed by atoms with E-state index in [9.17, 15) is 0 Å². The average molecular weight is 264 g/mol. The lowest BCUT2D eigenvalue weighted by Gasteiger charge is -2.17. The molecule has 1 aromatic heterocycles. The zero-order valence-corrected chi connectivity index (χ0v) is 11.2. The van der Waals surface area contributed by atoms with E-state index in [0.29, 0.717) is 17.9 Å². The summed E-state index contributed by atoms with van der Waals surface area (Å²) < 4.78 is 5.36. The fourth-order valence-electron chi connectivity index (χ4n) is 2.43. The second kappa shape index (κ2) is 5.56. The molecular formula is C12H20N6O. The number of anilines is 3. The Balaban J connectivity index is 1.79. The van der Waals surface area contributed by atoms with Gasteiger partial charge in [0, 0.05) is 26.7 Å². The van der Waals surface area contributed by atoms with Gasteiger partial charge in [0.25, 0.3) is 0 Å². The van der Waals surface area contributed by atoms with Crippen LogP contribution in [0.3, 0.4) is 0 Å². The molecule has 1 aromatic rings. The standard InChI is InChI=1S/C12H20N6O/c1-13-10-15-11(14-9-4-7-19-8-9)17-12(16-10)18-5-2-3-6-18/h9H,2-8H2,1H3,(H2,13,14,15,16,17). The summed E-state index contributed by atoms with van der Waals surface area (Å²) in [6, 6.07) is 0.304. The van der Waals surface area contributed by atoms with Gasteiger partial charge in [-0.3, -0.25) is 0 Å². The monoisotopic (exact) mass is 264 g/mol. The quantitative estimate of drug-likeness (QED) is 0.829. The summed E-state index contributed by atoms with van der Waals surface area (Å²) in [7, 11) is 1.82. The van der Waals surface area contributed by atoms with Crippen LogP contribution in [0.5, 0.6) is 0 Å². The Kier molecular flexibility index (Phi) is 3.63. The molecule has 0 spiro atoms. The third-order valence-electron chi connectivity index (χ3n) is 3.50. The third kappa shape index (κ3) is 2.86. The zero-order chi connectivity index (χ0) is 13.1. The fourth-order valence-corrected chi connectivity index (χ4v) is 2.43. The van der Waals surface area contributed by atoms with Gasteiger partial charge in [0.2, 0.25) is 17.8 Å². The van der Waals surface area contributed by atoms with Crippen LogP contribution < -0.4 is 15.5 Å². The van der Waals surface area contributed by atoms with Crippen LogP contribution in [0.1, 0.15) is 19.3 Å². The first-order chi connectivity index (χ1) is 9.35. The minimum absolute atomic E-state index is 0.304. The lowest BCUT2D eigenvalue weighted by Crippen LogP contribution is -2.25. The van der Waals surface area contributed by atoms with Crippen molar-refractivity contribution in [2.75, 3.05) is 48.9 Å². The van der Waals surface area contributed by atoms with Crippen molar-refractivity contribution in [2.45, 2.75) is 25.3 Å². The van der Waals surface area contributed by atoms with Gasteiger partial charge in [-0.25, -0.2) is 0 Å². The van der Waals surface area contributed by atoms with Crippen LogP contribution in [0, 0.1) is 0 Å². The molecule has 19 heavy (non-hydrogen) atoms. The third-order valence-corrected chi connectivity index (χ3v) is 3.50. The van der Waals surface area contributed by atoms with Gasteiger partial charge in [0.1, 0.15) is 0 Å². The summed E-state index contributed by atoms with van der Waals surface area (Å²) in [5.41, 5.74) is 0. The van der Waals surface area contributed by atoms with E-state index >= 15 is 0 Å². The number of rotatable bonds is 4. The lowest BCUT2D eigenvalue weighted by atomic mass is 10.3. The largest absolute Gasteiger partial charge is 0.379 e. The molecule has 2 aliphatic heterocycles. The number of nitrogens with one attached hydrogen (secondary N) is 2. The van der Waals surface area contributed by atoms with Crippen LogP contribution in [0.4, 0.5) is 17.8 Å². The van der Waals surface area contributed by atoms with Gasteiger partial charge in [-0.2, -0.15) is 15.0 Å². The maximum absolute atomic E-state index is 5.36. The molecule has 0 aliphatic carbocycles. The number of aromatic nitrogens is 3. The van der Waals surface area contributed by atoms with E-state index in [0.717, 1.165) is 38.7 Å². The van der Waals surface area contributed by atoms with Crippen LogP contribution in [0.15, 0.2) is 0 Å². The summed E-state index contributed by atoms with van der Waals surface area (Å²) in [4.78, 5) is 15.5. The second-order valence-corrected chi connectivity index (χ2v) is 4.93. The topological polar surface area (TPSA) is 75.2 Å². The predicted molar refractivity (Wildman–Crippen MR) is 73.7 cm³/mol. The number of hydrogen-bond donors (Lipinski definition) is 2. The van der Waals surface area contributed by atoms with Crippen molar-refractivity contribution in [3.63, 3.8) is 0 Å². The molecule has 2 fully saturated rings. The number of nitrogens with zero attached hydrogens (tertiary/aromatic N) is 4. The summed E-state index contributed by atoms with van der Waals surface area (Å²) in [5.74, 6) is 2.01. The van der Waals surface area contributed by atoms with Crippen molar-refractivity contribution in [3.8, 4) is 0 Å². The minimum Gasteiger partial charge on any atom is -0.379 e. The lowest BCUT2D eigenvalue weighted by molar-refractivity contribution is 0.195. The van der Waals surface area contributed by atoms with Gasteiger partial charge >= 0.3 is 0 Å². The Hall–Kier alpha value is -1.63. The van der Waals surface area contributed by atoms with Gasteiger partial charge in [0.15, 0.2) is 0 Å². The molecule has 3 heterocycles. The molecule has 1 atom stereocenters. The Morgan fingerprint density at radius 2 is 1.95 bits per heavy atom. The SMILES string of the molecule is CNc1nc(NC2CCOC2)nc(N2CCCC2)n1. The molecule has 2 N–H and O–H groups in total. The van der Waals surface area contributed by atoms with Gasteiger partial charge in [-0.1, -0.05) is 0 Å². The highest BCUT2D eigenvalue weighted by molar-refractivity contribution is 5.44. The van der Waals surface area contributed by atoms with E-state index in [1.54, 1.807) is 0 Å². The molecule has 2 aliphatic rings. The van der Waals surface area contributed by atoms with Gasteiger partial charge in [-0.15, -0.1) is 0 Å².